The molecule has 0 aliphatic carbocycles. The van der Waals surface area contributed by atoms with Crippen LogP contribution in [0.3, 0.4) is 0 Å². The van der Waals surface area contributed by atoms with Crippen LogP contribution in [0.5, 0.6) is 0 Å². The minimum Gasteiger partial charge on any atom is -0.103 e. The molecule has 0 nitrogen and oxygen atoms in total. The van der Waals surface area contributed by atoms with Gasteiger partial charge in [-0.1, -0.05) is 52.7 Å². The smallest absolute Gasteiger partial charge is 0.0473 e. The lowest BCUT2D eigenvalue weighted by atomic mass is 10.6. The molecule has 0 aromatic carbocycles. The van der Waals surface area contributed by atoms with Crippen LogP contribution in [0.15, 0.2) is 38.0 Å². The SMILES string of the molecule is C.C=CC.C=CC=C.CC. The summed E-state index contributed by atoms with van der Waals surface area (Å²) in [6.07, 6.45) is 5.03. The second-order valence-corrected chi connectivity index (χ2v) is 0.880. The van der Waals surface area contributed by atoms with E-state index in [2.05, 4.69) is 19.7 Å². The Morgan fingerprint density at radius 2 is 1.00 bits per heavy atom. The molecule has 0 aliphatic rings. The largest absolute Gasteiger partial charge is 0.103 e. The van der Waals surface area contributed by atoms with E-state index in [0.717, 1.165) is 0 Å². The third-order valence-electron chi connectivity index (χ3n) is 0.167. The lowest BCUT2D eigenvalue weighted by Crippen LogP contribution is -1.21. The highest BCUT2D eigenvalue weighted by Crippen LogP contribution is 1.52. The van der Waals surface area contributed by atoms with Crippen LogP contribution in [-0.2, 0) is 0 Å². The maximum atomic E-state index is 3.36. The molecule has 0 bridgehead atoms. The van der Waals surface area contributed by atoms with E-state index in [4.69, 9.17) is 0 Å². The molecule has 0 heteroatoms. The van der Waals surface area contributed by atoms with Crippen LogP contribution in [0.2, 0.25) is 0 Å². The summed E-state index contributed by atoms with van der Waals surface area (Å²) in [7, 11) is 0. The Morgan fingerprint density at radius 1 is 0.900 bits per heavy atom. The second kappa shape index (κ2) is 86.9. The quantitative estimate of drug-likeness (QED) is 0.380. The average molecular weight is 142 g/mol. The van der Waals surface area contributed by atoms with Gasteiger partial charge in [0.05, 0.1) is 0 Å². The van der Waals surface area contributed by atoms with E-state index in [1.165, 1.54) is 0 Å². The predicted molar refractivity (Wildman–Crippen MR) is 54.3 cm³/mol. The van der Waals surface area contributed by atoms with Crippen molar-refractivity contribution in [1.29, 1.82) is 0 Å². The molecule has 0 heterocycles. The maximum absolute atomic E-state index is 3.36. The molecule has 0 N–H and O–H groups in total. The monoisotopic (exact) mass is 142 g/mol. The van der Waals surface area contributed by atoms with Gasteiger partial charge in [0.1, 0.15) is 0 Å². The average Bonchev–Trinajstić information content (AvgIpc) is 1.94. The molecule has 0 atom stereocenters. The van der Waals surface area contributed by atoms with Crippen molar-refractivity contribution in [2.75, 3.05) is 0 Å². The molecule has 0 saturated carbocycles. The van der Waals surface area contributed by atoms with E-state index >= 15 is 0 Å². The Balaban J connectivity index is -0.0000000273. The normalized spacial score (nSPS) is 3.90. The fraction of sp³-hybridized carbons (Fsp3) is 0.400. The van der Waals surface area contributed by atoms with E-state index in [-0.39, 0.29) is 7.43 Å². The third kappa shape index (κ3) is 5770. The minimum absolute atomic E-state index is 0. The molecule has 0 saturated heterocycles. The third-order valence-corrected chi connectivity index (χ3v) is 0.167. The van der Waals surface area contributed by atoms with Crippen molar-refractivity contribution in [1.82, 2.24) is 0 Å². The Kier molecular flexibility index (Phi) is 199. The van der Waals surface area contributed by atoms with Crippen LogP contribution in [0.25, 0.3) is 0 Å². The van der Waals surface area contributed by atoms with Crippen molar-refractivity contribution in [3.05, 3.63) is 38.0 Å². The lowest BCUT2D eigenvalue weighted by Gasteiger charge is -1.44. The van der Waals surface area contributed by atoms with Gasteiger partial charge in [0.25, 0.3) is 0 Å². The van der Waals surface area contributed by atoms with Gasteiger partial charge < -0.3 is 0 Å². The van der Waals surface area contributed by atoms with Gasteiger partial charge in [-0.2, -0.15) is 0 Å². The van der Waals surface area contributed by atoms with Crippen LogP contribution in [0, 0.1) is 0 Å². The summed E-state index contributed by atoms with van der Waals surface area (Å²) in [6.45, 7) is 16.0. The molecule has 0 spiro atoms. The molecule has 62 valence electrons. The first kappa shape index (κ1) is 22.9. The molecule has 0 unspecified atom stereocenters. The predicted octanol–water partition coefficient (Wildman–Crippen LogP) is 4.21. The van der Waals surface area contributed by atoms with Crippen LogP contribution in [0.4, 0.5) is 0 Å². The van der Waals surface area contributed by atoms with Gasteiger partial charge >= 0.3 is 0 Å². The molecule has 10 heavy (non-hydrogen) atoms. The van der Waals surface area contributed by atoms with Crippen LogP contribution < -0.4 is 0 Å². The van der Waals surface area contributed by atoms with Gasteiger partial charge in [-0.3, -0.25) is 0 Å². The number of allylic oxidation sites excluding steroid dienone is 3. The summed E-state index contributed by atoms with van der Waals surface area (Å²) in [5.74, 6) is 0. The van der Waals surface area contributed by atoms with Crippen LogP contribution >= 0.6 is 0 Å². The first-order valence-electron chi connectivity index (χ1n) is 3.14. The Hall–Kier alpha value is -0.780. The Labute approximate surface area is 67.0 Å². The van der Waals surface area contributed by atoms with E-state index in [1.54, 1.807) is 18.2 Å². The molecule has 0 radical (unpaired) electrons. The van der Waals surface area contributed by atoms with Crippen molar-refractivity contribution in [3.8, 4) is 0 Å². The zero-order valence-corrected chi connectivity index (χ0v) is 6.85. The van der Waals surface area contributed by atoms with Crippen molar-refractivity contribution >= 4 is 0 Å². The van der Waals surface area contributed by atoms with E-state index in [9.17, 15) is 0 Å². The standard InChI is InChI=1S/C4H6.C3H6.C2H6.CH4/c1-3-4-2;1-3-2;1-2;/h3-4H,1-2H2;3H,1H2,2H3;1-2H3;1H4. The number of hydrogen-bond donors (Lipinski definition) is 0. The zero-order valence-electron chi connectivity index (χ0n) is 6.85. The first-order chi connectivity index (χ1) is 4.33. The lowest BCUT2D eigenvalue weighted by molar-refractivity contribution is 1.50. The number of rotatable bonds is 1. The van der Waals surface area contributed by atoms with Gasteiger partial charge in [-0.25, -0.2) is 0 Å². The molecule has 0 amide bonds. The van der Waals surface area contributed by atoms with E-state index in [1.807, 2.05) is 20.8 Å². The second-order valence-electron chi connectivity index (χ2n) is 0.880. The van der Waals surface area contributed by atoms with Gasteiger partial charge in [0.15, 0.2) is 0 Å². The van der Waals surface area contributed by atoms with Gasteiger partial charge in [0.2, 0.25) is 0 Å². The molecule has 0 rings (SSSR count). The van der Waals surface area contributed by atoms with Crippen LogP contribution in [-0.4, -0.2) is 0 Å². The van der Waals surface area contributed by atoms with Gasteiger partial charge in [0, 0.05) is 0 Å². The fourth-order valence-corrected chi connectivity index (χ4v) is 0. The van der Waals surface area contributed by atoms with Crippen molar-refractivity contribution in [3.63, 3.8) is 0 Å². The molecule has 0 fully saturated rings. The topological polar surface area (TPSA) is 0 Å². The van der Waals surface area contributed by atoms with Crippen LogP contribution in [0.1, 0.15) is 28.2 Å². The fourth-order valence-electron chi connectivity index (χ4n) is 0. The molecule has 0 aromatic rings. The minimum atomic E-state index is 0. The number of hydrogen-bond acceptors (Lipinski definition) is 0. The van der Waals surface area contributed by atoms with E-state index < -0.39 is 0 Å². The summed E-state index contributed by atoms with van der Waals surface area (Å²) in [6, 6.07) is 0. The summed E-state index contributed by atoms with van der Waals surface area (Å²) >= 11 is 0. The van der Waals surface area contributed by atoms with Gasteiger partial charge in [-0.15, -0.1) is 6.58 Å². The van der Waals surface area contributed by atoms with Crippen molar-refractivity contribution < 1.29 is 0 Å². The maximum Gasteiger partial charge on any atom is -0.0473 e. The van der Waals surface area contributed by atoms with Crippen molar-refractivity contribution in [2.24, 2.45) is 0 Å². The summed E-state index contributed by atoms with van der Waals surface area (Å²) < 4.78 is 0. The Bertz CT molecular complexity index is 45.1. The first-order valence-corrected chi connectivity index (χ1v) is 3.14. The zero-order chi connectivity index (χ0) is 8.12. The highest BCUT2D eigenvalue weighted by Gasteiger charge is 1.29. The Morgan fingerprint density at radius 3 is 1.00 bits per heavy atom. The summed E-state index contributed by atoms with van der Waals surface area (Å²) in [5, 5.41) is 0. The summed E-state index contributed by atoms with van der Waals surface area (Å²) in [4.78, 5) is 0. The van der Waals surface area contributed by atoms with Crippen molar-refractivity contribution in [2.45, 2.75) is 28.2 Å². The molecule has 0 aliphatic heterocycles. The van der Waals surface area contributed by atoms with Gasteiger partial charge in [-0.05, 0) is 6.92 Å². The molecular formula is C10H22. The highest BCUT2D eigenvalue weighted by atomic mass is 13.4. The highest BCUT2D eigenvalue weighted by molar-refractivity contribution is 4.88. The summed E-state index contributed by atoms with van der Waals surface area (Å²) in [5.41, 5.74) is 0. The molecular weight excluding hydrogens is 120 g/mol. The van der Waals surface area contributed by atoms with E-state index in [0.29, 0.717) is 0 Å². The molecule has 0 aromatic heterocycles.